The molecule has 2 aromatic carbocycles. The predicted molar refractivity (Wildman–Crippen MR) is 121 cm³/mol. The van der Waals surface area contributed by atoms with Crippen molar-refractivity contribution in [3.63, 3.8) is 0 Å². The maximum Gasteiger partial charge on any atom is 0.191 e. The maximum absolute atomic E-state index is 10.3. The number of rotatable bonds is 6. The van der Waals surface area contributed by atoms with E-state index in [1.165, 1.54) is 0 Å². The van der Waals surface area contributed by atoms with Crippen LogP contribution in [0.2, 0.25) is 10.0 Å². The van der Waals surface area contributed by atoms with Crippen LogP contribution in [0.1, 0.15) is 29.7 Å². The number of aliphatic hydroxyl groups is 1. The van der Waals surface area contributed by atoms with Gasteiger partial charge < -0.3 is 15.7 Å². The fraction of sp³-hybridized carbons (Fsp3) is 0.263. The van der Waals surface area contributed by atoms with Crippen molar-refractivity contribution in [2.45, 2.75) is 19.6 Å². The van der Waals surface area contributed by atoms with E-state index >= 15 is 0 Å². The van der Waals surface area contributed by atoms with E-state index in [0.717, 1.165) is 5.56 Å². The molecule has 0 fully saturated rings. The lowest BCUT2D eigenvalue weighted by Crippen LogP contribution is -2.39. The van der Waals surface area contributed by atoms with E-state index in [-0.39, 0.29) is 30.5 Å². The highest BCUT2D eigenvalue weighted by Gasteiger charge is 2.10. The summed E-state index contributed by atoms with van der Waals surface area (Å²) in [5, 5.41) is 26.5. The molecule has 1 unspecified atom stereocenters. The van der Waals surface area contributed by atoms with E-state index in [2.05, 4.69) is 21.7 Å². The quantitative estimate of drug-likeness (QED) is 0.303. The second kappa shape index (κ2) is 12.0. The molecule has 0 aromatic heterocycles. The van der Waals surface area contributed by atoms with E-state index in [4.69, 9.17) is 28.5 Å². The highest BCUT2D eigenvalue weighted by atomic mass is 127. The van der Waals surface area contributed by atoms with Crippen LogP contribution in [0, 0.1) is 11.3 Å². The van der Waals surface area contributed by atoms with Gasteiger partial charge in [-0.25, -0.2) is 4.99 Å². The van der Waals surface area contributed by atoms with E-state index in [0.29, 0.717) is 40.2 Å². The first-order chi connectivity index (χ1) is 12.5. The zero-order valence-electron chi connectivity index (χ0n) is 14.7. The lowest BCUT2D eigenvalue weighted by molar-refractivity contribution is 0.181. The summed E-state index contributed by atoms with van der Waals surface area (Å²) in [6.07, 6.45) is -0.781. The van der Waals surface area contributed by atoms with Crippen LogP contribution in [0.15, 0.2) is 47.5 Å². The number of nitrogens with zero attached hydrogens (tertiary/aromatic N) is 2. The van der Waals surface area contributed by atoms with Crippen LogP contribution in [-0.2, 0) is 6.54 Å². The number of aliphatic imine (C=N–C) groups is 1. The molecular formula is C19H21Cl2IN4O. The molecule has 5 nitrogen and oxygen atoms in total. The fourth-order valence-corrected chi connectivity index (χ4v) is 2.87. The lowest BCUT2D eigenvalue weighted by Gasteiger charge is -2.16. The van der Waals surface area contributed by atoms with E-state index in [1.54, 1.807) is 30.3 Å². The van der Waals surface area contributed by atoms with Gasteiger partial charge in [-0.2, -0.15) is 5.26 Å². The Hall–Kier alpha value is -1.53. The molecule has 1 atom stereocenters. The smallest absolute Gasteiger partial charge is 0.191 e. The Morgan fingerprint density at radius 3 is 2.52 bits per heavy atom. The number of nitrogens with one attached hydrogen (secondary N) is 2. The SMILES string of the molecule is CCNC(=NCc1cccc(C#N)c1)NCC(O)c1cc(Cl)cc(Cl)c1.I. The Bertz CT molecular complexity index is 803. The molecule has 0 radical (unpaired) electrons. The Morgan fingerprint density at radius 2 is 1.89 bits per heavy atom. The molecule has 0 aliphatic rings. The highest BCUT2D eigenvalue weighted by molar-refractivity contribution is 14.0. The molecule has 0 saturated heterocycles. The third-order valence-corrected chi connectivity index (χ3v) is 3.99. The molecule has 0 saturated carbocycles. The molecule has 8 heteroatoms. The summed E-state index contributed by atoms with van der Waals surface area (Å²) in [4.78, 5) is 4.48. The van der Waals surface area contributed by atoms with Crippen molar-refractivity contribution in [1.29, 1.82) is 5.26 Å². The van der Waals surface area contributed by atoms with Crippen molar-refractivity contribution in [3.05, 3.63) is 69.2 Å². The minimum atomic E-state index is -0.781. The van der Waals surface area contributed by atoms with Crippen LogP contribution in [0.25, 0.3) is 0 Å². The average Bonchev–Trinajstić information content (AvgIpc) is 2.63. The first-order valence-corrected chi connectivity index (χ1v) is 8.92. The predicted octanol–water partition coefficient (Wildman–Crippen LogP) is 4.27. The van der Waals surface area contributed by atoms with Crippen LogP contribution < -0.4 is 10.6 Å². The molecule has 144 valence electrons. The molecule has 2 rings (SSSR count). The fourth-order valence-electron chi connectivity index (χ4n) is 2.33. The summed E-state index contributed by atoms with van der Waals surface area (Å²) < 4.78 is 0. The molecule has 2 aromatic rings. The van der Waals surface area contributed by atoms with E-state index < -0.39 is 6.10 Å². The lowest BCUT2D eigenvalue weighted by atomic mass is 10.1. The maximum atomic E-state index is 10.3. The molecule has 0 aliphatic carbocycles. The van der Waals surface area contributed by atoms with Gasteiger partial charge in [0, 0.05) is 23.1 Å². The molecule has 3 N–H and O–H groups in total. The average molecular weight is 519 g/mol. The largest absolute Gasteiger partial charge is 0.387 e. The topological polar surface area (TPSA) is 80.4 Å². The van der Waals surface area contributed by atoms with Crippen LogP contribution >= 0.6 is 47.2 Å². The molecule has 0 bridgehead atoms. The summed E-state index contributed by atoms with van der Waals surface area (Å²) in [6.45, 7) is 3.31. The summed E-state index contributed by atoms with van der Waals surface area (Å²) in [5.41, 5.74) is 2.17. The molecular weight excluding hydrogens is 498 g/mol. The molecule has 27 heavy (non-hydrogen) atoms. The van der Waals surface area contributed by atoms with Gasteiger partial charge in [-0.05, 0) is 48.4 Å². The summed E-state index contributed by atoms with van der Waals surface area (Å²) in [7, 11) is 0. The van der Waals surface area contributed by atoms with Gasteiger partial charge >= 0.3 is 0 Å². The number of aliphatic hydroxyl groups excluding tert-OH is 1. The number of guanidine groups is 1. The van der Waals surface area contributed by atoms with Gasteiger partial charge in [0.1, 0.15) is 0 Å². The van der Waals surface area contributed by atoms with E-state index in [1.807, 2.05) is 19.1 Å². The normalized spacial score (nSPS) is 11.9. The number of benzene rings is 2. The number of nitriles is 1. The van der Waals surface area contributed by atoms with Crippen LogP contribution in [0.5, 0.6) is 0 Å². The van der Waals surface area contributed by atoms with Crippen molar-refractivity contribution in [3.8, 4) is 6.07 Å². The first-order valence-electron chi connectivity index (χ1n) is 8.17. The summed E-state index contributed by atoms with van der Waals surface area (Å²) in [6, 6.07) is 14.4. The molecule has 0 aliphatic heterocycles. The Balaban J connectivity index is 0.00000364. The van der Waals surface area contributed by atoms with Crippen molar-refractivity contribution >= 4 is 53.1 Å². The van der Waals surface area contributed by atoms with Crippen molar-refractivity contribution in [2.24, 2.45) is 4.99 Å². The minimum Gasteiger partial charge on any atom is -0.387 e. The summed E-state index contributed by atoms with van der Waals surface area (Å²) in [5.74, 6) is 0.571. The standard InChI is InChI=1S/C19H20Cl2N4O.HI/c1-2-23-19(24-11-14-5-3-4-13(6-14)10-22)25-12-18(26)15-7-16(20)9-17(21)8-15;/h3-9,18,26H,2,11-12H2,1H3,(H2,23,24,25);1H. The van der Waals surface area contributed by atoms with Crippen LogP contribution in [0.3, 0.4) is 0 Å². The van der Waals surface area contributed by atoms with Gasteiger partial charge in [-0.15, -0.1) is 24.0 Å². The third kappa shape index (κ3) is 7.93. The zero-order chi connectivity index (χ0) is 18.9. The highest BCUT2D eigenvalue weighted by Crippen LogP contribution is 2.23. The molecule has 0 amide bonds. The number of hydrogen-bond acceptors (Lipinski definition) is 3. The zero-order valence-corrected chi connectivity index (χ0v) is 18.6. The molecule has 0 heterocycles. The van der Waals surface area contributed by atoms with Gasteiger partial charge in [0.2, 0.25) is 0 Å². The van der Waals surface area contributed by atoms with Gasteiger partial charge in [0.25, 0.3) is 0 Å². The minimum absolute atomic E-state index is 0. The van der Waals surface area contributed by atoms with Crippen LogP contribution in [0.4, 0.5) is 0 Å². The van der Waals surface area contributed by atoms with Gasteiger partial charge in [-0.1, -0.05) is 35.3 Å². The molecule has 0 spiro atoms. The monoisotopic (exact) mass is 518 g/mol. The number of hydrogen-bond donors (Lipinski definition) is 3. The Labute approximate surface area is 186 Å². The van der Waals surface area contributed by atoms with Gasteiger partial charge in [0.05, 0.1) is 24.3 Å². The Kier molecular flexibility index (Phi) is 10.5. The van der Waals surface area contributed by atoms with Crippen molar-refractivity contribution in [2.75, 3.05) is 13.1 Å². The van der Waals surface area contributed by atoms with E-state index in [9.17, 15) is 5.11 Å². The van der Waals surface area contributed by atoms with Crippen molar-refractivity contribution in [1.82, 2.24) is 10.6 Å². The number of halogens is 3. The second-order valence-corrected chi connectivity index (χ2v) is 6.48. The van der Waals surface area contributed by atoms with Crippen LogP contribution in [-0.4, -0.2) is 24.2 Å². The second-order valence-electron chi connectivity index (χ2n) is 5.61. The first kappa shape index (κ1) is 23.5. The van der Waals surface area contributed by atoms with Crippen molar-refractivity contribution < 1.29 is 5.11 Å². The summed E-state index contributed by atoms with van der Waals surface area (Å²) >= 11 is 11.9. The van der Waals surface area contributed by atoms with Gasteiger partial charge in [0.15, 0.2) is 5.96 Å². The third-order valence-electron chi connectivity index (χ3n) is 3.55. The van der Waals surface area contributed by atoms with Gasteiger partial charge in [-0.3, -0.25) is 0 Å². The Morgan fingerprint density at radius 1 is 1.19 bits per heavy atom.